The van der Waals surface area contributed by atoms with Crippen molar-refractivity contribution < 1.29 is 5.11 Å². The van der Waals surface area contributed by atoms with E-state index in [1.165, 1.54) is 32.1 Å². The van der Waals surface area contributed by atoms with Crippen LogP contribution in [0.3, 0.4) is 0 Å². The molecule has 0 aromatic heterocycles. The van der Waals surface area contributed by atoms with Crippen molar-refractivity contribution in [1.29, 1.82) is 0 Å². The van der Waals surface area contributed by atoms with E-state index in [0.29, 0.717) is 5.92 Å². The Balaban J connectivity index is 2.34. The highest BCUT2D eigenvalue weighted by molar-refractivity contribution is 4.86. The molecule has 0 aromatic carbocycles. The van der Waals surface area contributed by atoms with Gasteiger partial charge in [-0.25, -0.2) is 0 Å². The van der Waals surface area contributed by atoms with E-state index in [0.717, 1.165) is 25.2 Å². The van der Waals surface area contributed by atoms with Crippen LogP contribution in [0.2, 0.25) is 0 Å². The summed E-state index contributed by atoms with van der Waals surface area (Å²) in [5, 5.41) is 10.5. The van der Waals surface area contributed by atoms with Crippen molar-refractivity contribution in [2.45, 2.75) is 77.7 Å². The van der Waals surface area contributed by atoms with Crippen LogP contribution >= 0.6 is 0 Å². The summed E-state index contributed by atoms with van der Waals surface area (Å²) in [6.45, 7) is 6.79. The Bertz CT molecular complexity index is 168. The van der Waals surface area contributed by atoms with Crippen LogP contribution in [0.25, 0.3) is 0 Å². The van der Waals surface area contributed by atoms with Crippen molar-refractivity contribution in [3.63, 3.8) is 0 Å². The van der Waals surface area contributed by atoms with Gasteiger partial charge in [0.15, 0.2) is 0 Å². The quantitative estimate of drug-likeness (QED) is 0.726. The summed E-state index contributed by atoms with van der Waals surface area (Å²) >= 11 is 0. The van der Waals surface area contributed by atoms with E-state index < -0.39 is 0 Å². The second-order valence-electron chi connectivity index (χ2n) is 5.67. The van der Waals surface area contributed by atoms with Gasteiger partial charge < -0.3 is 5.11 Å². The second-order valence-corrected chi connectivity index (χ2v) is 5.67. The first-order chi connectivity index (χ1) is 7.09. The van der Waals surface area contributed by atoms with E-state index in [9.17, 15) is 5.11 Å². The van der Waals surface area contributed by atoms with Crippen LogP contribution in [0, 0.1) is 11.8 Å². The molecule has 0 bridgehead atoms. The van der Waals surface area contributed by atoms with Crippen LogP contribution in [0.4, 0.5) is 0 Å². The molecule has 1 nitrogen and oxygen atoms in total. The van der Waals surface area contributed by atoms with Crippen LogP contribution < -0.4 is 0 Å². The third kappa shape index (κ3) is 4.14. The molecule has 0 heterocycles. The summed E-state index contributed by atoms with van der Waals surface area (Å²) in [7, 11) is 0. The molecule has 90 valence electrons. The zero-order chi connectivity index (χ0) is 11.3. The lowest BCUT2D eigenvalue weighted by atomic mass is 9.74. The fraction of sp³-hybridized carbons (Fsp3) is 1.00. The maximum Gasteiger partial charge on any atom is 0.0650 e. The summed E-state index contributed by atoms with van der Waals surface area (Å²) in [6, 6.07) is 0. The average molecular weight is 212 g/mol. The molecule has 0 radical (unpaired) electrons. The monoisotopic (exact) mass is 212 g/mol. The summed E-state index contributed by atoms with van der Waals surface area (Å²) in [5.74, 6) is 1.57. The molecular weight excluding hydrogens is 184 g/mol. The molecule has 1 heteroatoms. The maximum absolute atomic E-state index is 10.5. The Kier molecular flexibility index (Phi) is 5.11. The van der Waals surface area contributed by atoms with Crippen LogP contribution in [0.15, 0.2) is 0 Å². The lowest BCUT2D eigenvalue weighted by Crippen LogP contribution is -2.35. The van der Waals surface area contributed by atoms with Gasteiger partial charge in [-0.3, -0.25) is 0 Å². The zero-order valence-corrected chi connectivity index (χ0v) is 10.8. The maximum atomic E-state index is 10.5. The van der Waals surface area contributed by atoms with Gasteiger partial charge in [-0.05, 0) is 43.9 Å². The Morgan fingerprint density at radius 3 is 2.33 bits per heavy atom. The van der Waals surface area contributed by atoms with E-state index in [4.69, 9.17) is 0 Å². The fourth-order valence-electron chi connectivity index (χ4n) is 3.07. The lowest BCUT2D eigenvalue weighted by molar-refractivity contribution is -0.0286. The Morgan fingerprint density at radius 1 is 1.27 bits per heavy atom. The third-order valence-corrected chi connectivity index (χ3v) is 4.12. The van der Waals surface area contributed by atoms with E-state index in [2.05, 4.69) is 20.8 Å². The van der Waals surface area contributed by atoms with Gasteiger partial charge >= 0.3 is 0 Å². The highest BCUT2D eigenvalue weighted by Crippen LogP contribution is 2.38. The number of hydrogen-bond acceptors (Lipinski definition) is 1. The molecule has 1 atom stereocenters. The van der Waals surface area contributed by atoms with Crippen LogP contribution in [-0.2, 0) is 0 Å². The SMILES string of the molecule is CCCC(C)CC1(O)CCC(CC)CC1. The van der Waals surface area contributed by atoms with Crippen molar-refractivity contribution in [3.05, 3.63) is 0 Å². The lowest BCUT2D eigenvalue weighted by Gasteiger charge is -2.37. The molecule has 1 fully saturated rings. The van der Waals surface area contributed by atoms with Gasteiger partial charge in [0.25, 0.3) is 0 Å². The van der Waals surface area contributed by atoms with Gasteiger partial charge in [0.2, 0.25) is 0 Å². The topological polar surface area (TPSA) is 20.2 Å². The number of aliphatic hydroxyl groups is 1. The molecule has 1 aliphatic rings. The molecule has 0 aromatic rings. The summed E-state index contributed by atoms with van der Waals surface area (Å²) in [4.78, 5) is 0. The average Bonchev–Trinajstić information content (AvgIpc) is 2.18. The van der Waals surface area contributed by atoms with Crippen LogP contribution in [0.5, 0.6) is 0 Å². The Hall–Kier alpha value is -0.0400. The first-order valence-electron chi connectivity index (χ1n) is 6.82. The van der Waals surface area contributed by atoms with Crippen LogP contribution in [-0.4, -0.2) is 10.7 Å². The Labute approximate surface area is 95.3 Å². The summed E-state index contributed by atoms with van der Waals surface area (Å²) in [5.41, 5.74) is -0.319. The molecule has 0 amide bonds. The van der Waals surface area contributed by atoms with Crippen molar-refractivity contribution >= 4 is 0 Å². The number of rotatable bonds is 5. The fourth-order valence-corrected chi connectivity index (χ4v) is 3.07. The first kappa shape index (κ1) is 13.0. The predicted octanol–water partition coefficient (Wildman–Crippen LogP) is 4.14. The summed E-state index contributed by atoms with van der Waals surface area (Å²) < 4.78 is 0. The molecular formula is C14H28O. The Morgan fingerprint density at radius 2 is 1.87 bits per heavy atom. The first-order valence-corrected chi connectivity index (χ1v) is 6.82. The van der Waals surface area contributed by atoms with Crippen molar-refractivity contribution in [2.75, 3.05) is 0 Å². The normalized spacial score (nSPS) is 34.0. The largest absolute Gasteiger partial charge is 0.390 e. The minimum Gasteiger partial charge on any atom is -0.390 e. The highest BCUT2D eigenvalue weighted by atomic mass is 16.3. The third-order valence-electron chi connectivity index (χ3n) is 4.12. The minimum absolute atomic E-state index is 0.319. The van der Waals surface area contributed by atoms with Crippen LogP contribution in [0.1, 0.15) is 72.1 Å². The highest BCUT2D eigenvalue weighted by Gasteiger charge is 2.33. The van der Waals surface area contributed by atoms with Crippen molar-refractivity contribution in [1.82, 2.24) is 0 Å². The predicted molar refractivity (Wildman–Crippen MR) is 65.9 cm³/mol. The van der Waals surface area contributed by atoms with Gasteiger partial charge in [-0.15, -0.1) is 0 Å². The van der Waals surface area contributed by atoms with Gasteiger partial charge in [0, 0.05) is 0 Å². The van der Waals surface area contributed by atoms with E-state index in [1.54, 1.807) is 0 Å². The van der Waals surface area contributed by atoms with E-state index in [1.807, 2.05) is 0 Å². The standard InChI is InChI=1S/C14H28O/c1-4-6-12(3)11-14(15)9-7-13(5-2)8-10-14/h12-13,15H,4-11H2,1-3H3. The van der Waals surface area contributed by atoms with E-state index >= 15 is 0 Å². The molecule has 0 aliphatic heterocycles. The molecule has 15 heavy (non-hydrogen) atoms. The second kappa shape index (κ2) is 5.89. The molecule has 1 saturated carbocycles. The van der Waals surface area contributed by atoms with Gasteiger partial charge in [-0.2, -0.15) is 0 Å². The smallest absolute Gasteiger partial charge is 0.0650 e. The number of hydrogen-bond donors (Lipinski definition) is 1. The van der Waals surface area contributed by atoms with Gasteiger partial charge in [0.1, 0.15) is 0 Å². The molecule has 0 spiro atoms. The molecule has 1 rings (SSSR count). The molecule has 1 aliphatic carbocycles. The van der Waals surface area contributed by atoms with E-state index in [-0.39, 0.29) is 5.60 Å². The molecule has 1 N–H and O–H groups in total. The zero-order valence-electron chi connectivity index (χ0n) is 10.8. The van der Waals surface area contributed by atoms with Crippen molar-refractivity contribution in [3.8, 4) is 0 Å². The van der Waals surface area contributed by atoms with Gasteiger partial charge in [0.05, 0.1) is 5.60 Å². The summed E-state index contributed by atoms with van der Waals surface area (Å²) in [6.07, 6.45) is 9.39. The van der Waals surface area contributed by atoms with Crippen molar-refractivity contribution in [2.24, 2.45) is 11.8 Å². The molecule has 0 saturated heterocycles. The minimum atomic E-state index is -0.319. The molecule has 1 unspecified atom stereocenters. The van der Waals surface area contributed by atoms with Gasteiger partial charge in [-0.1, -0.05) is 40.0 Å².